The molecule has 5 heteroatoms. The van der Waals surface area contributed by atoms with Gasteiger partial charge in [0.05, 0.1) is 0 Å². The summed E-state index contributed by atoms with van der Waals surface area (Å²) < 4.78 is -0.950. The monoisotopic (exact) mass is 302 g/mol. The highest BCUT2D eigenvalue weighted by Crippen LogP contribution is 2.36. The lowest BCUT2D eigenvalue weighted by molar-refractivity contribution is -0.138. The molecule has 1 heterocycles. The lowest BCUT2D eigenvalue weighted by atomic mass is 10.1. The van der Waals surface area contributed by atoms with Crippen molar-refractivity contribution in [3.05, 3.63) is 42.2 Å². The van der Waals surface area contributed by atoms with Crippen molar-refractivity contribution >= 4 is 17.7 Å². The number of hydrogen-bond acceptors (Lipinski definition) is 4. The van der Waals surface area contributed by atoms with E-state index >= 15 is 0 Å². The Hall–Kier alpha value is -1.88. The van der Waals surface area contributed by atoms with E-state index in [4.69, 9.17) is 0 Å². The molecule has 21 heavy (non-hydrogen) atoms. The Balaban J connectivity index is 2.38. The summed E-state index contributed by atoms with van der Waals surface area (Å²) >= 11 is 1.21. The third kappa shape index (κ3) is 3.61. The average molecular weight is 302 g/mol. The summed E-state index contributed by atoms with van der Waals surface area (Å²) in [5.41, 5.74) is 2.92. The van der Waals surface area contributed by atoms with Gasteiger partial charge in [-0.1, -0.05) is 43.0 Å². The van der Waals surface area contributed by atoms with Gasteiger partial charge in [0.25, 0.3) is 0 Å². The Labute approximate surface area is 128 Å². The van der Waals surface area contributed by atoms with Gasteiger partial charge in [0.2, 0.25) is 0 Å². The molecule has 1 N–H and O–H groups in total. The van der Waals surface area contributed by atoms with Crippen LogP contribution in [0.15, 0.2) is 41.7 Å². The minimum Gasteiger partial charge on any atom is -0.480 e. The van der Waals surface area contributed by atoms with E-state index in [9.17, 15) is 9.90 Å². The predicted molar refractivity (Wildman–Crippen MR) is 84.4 cm³/mol. The van der Waals surface area contributed by atoms with Crippen LogP contribution in [0, 0.1) is 0 Å². The molecule has 0 bridgehead atoms. The van der Waals surface area contributed by atoms with E-state index in [2.05, 4.69) is 29.0 Å². The predicted octanol–water partition coefficient (Wildman–Crippen LogP) is 3.66. The molecule has 0 spiro atoms. The van der Waals surface area contributed by atoms with Gasteiger partial charge < -0.3 is 5.11 Å². The molecule has 0 unspecified atom stereocenters. The van der Waals surface area contributed by atoms with Crippen LogP contribution >= 0.6 is 11.8 Å². The second kappa shape index (κ2) is 6.26. The van der Waals surface area contributed by atoms with Crippen LogP contribution in [-0.4, -0.2) is 25.8 Å². The Morgan fingerprint density at radius 3 is 2.38 bits per heavy atom. The molecule has 110 valence electrons. The van der Waals surface area contributed by atoms with Crippen molar-refractivity contribution < 1.29 is 9.90 Å². The lowest BCUT2D eigenvalue weighted by Gasteiger charge is -2.19. The zero-order valence-corrected chi connectivity index (χ0v) is 13.1. The summed E-state index contributed by atoms with van der Waals surface area (Å²) in [7, 11) is 0. The van der Waals surface area contributed by atoms with Crippen molar-refractivity contribution in [2.75, 3.05) is 0 Å². The van der Waals surface area contributed by atoms with Crippen LogP contribution in [0.5, 0.6) is 0 Å². The van der Waals surface area contributed by atoms with Crippen LogP contribution in [0.25, 0.3) is 11.3 Å². The second-order valence-corrected chi connectivity index (χ2v) is 6.79. The Bertz CT molecular complexity index is 639. The molecular formula is C16H18N2O2S. The Morgan fingerprint density at radius 1 is 1.19 bits per heavy atom. The van der Waals surface area contributed by atoms with E-state index < -0.39 is 10.7 Å². The van der Waals surface area contributed by atoms with E-state index in [1.807, 2.05) is 12.1 Å². The van der Waals surface area contributed by atoms with Gasteiger partial charge in [-0.05, 0) is 25.8 Å². The van der Waals surface area contributed by atoms with Gasteiger partial charge in [-0.3, -0.25) is 9.78 Å². The summed E-state index contributed by atoms with van der Waals surface area (Å²) in [6, 6.07) is 8.11. The molecule has 0 saturated carbocycles. The largest absolute Gasteiger partial charge is 0.480 e. The van der Waals surface area contributed by atoms with E-state index in [-0.39, 0.29) is 0 Å². The molecule has 1 aromatic heterocycles. The van der Waals surface area contributed by atoms with Crippen molar-refractivity contribution in [3.8, 4) is 11.3 Å². The third-order valence-electron chi connectivity index (χ3n) is 3.17. The van der Waals surface area contributed by atoms with Gasteiger partial charge in [-0.15, -0.1) is 0 Å². The lowest BCUT2D eigenvalue weighted by Crippen LogP contribution is -2.27. The third-order valence-corrected chi connectivity index (χ3v) is 4.34. The summed E-state index contributed by atoms with van der Waals surface area (Å²) in [4.78, 5) is 20.0. The Morgan fingerprint density at radius 2 is 1.81 bits per heavy atom. The van der Waals surface area contributed by atoms with Crippen molar-refractivity contribution in [1.29, 1.82) is 0 Å². The number of benzene rings is 1. The van der Waals surface area contributed by atoms with Crippen LogP contribution in [0.1, 0.15) is 26.3 Å². The summed E-state index contributed by atoms with van der Waals surface area (Å²) in [6.45, 7) is 5.44. The maximum atomic E-state index is 11.3. The molecule has 0 amide bonds. The van der Waals surface area contributed by atoms with Gasteiger partial charge in [0.15, 0.2) is 0 Å². The fourth-order valence-corrected chi connectivity index (χ4v) is 2.73. The molecule has 0 fully saturated rings. The van der Waals surface area contributed by atoms with Gasteiger partial charge in [-0.25, -0.2) is 4.98 Å². The van der Waals surface area contributed by atoms with E-state index in [1.165, 1.54) is 17.3 Å². The standard InChI is InChI=1S/C16H18N2O2S/c1-4-11-5-7-12(8-6-11)13-14(18-10-9-17-13)21-16(2,3)15(19)20/h5-10H,4H2,1-3H3,(H,19,20). The van der Waals surface area contributed by atoms with Crippen molar-refractivity contribution in [2.45, 2.75) is 37.0 Å². The SMILES string of the molecule is CCc1ccc(-c2nccnc2SC(C)(C)C(=O)O)cc1. The van der Waals surface area contributed by atoms with Crippen LogP contribution in [-0.2, 0) is 11.2 Å². The van der Waals surface area contributed by atoms with E-state index in [0.29, 0.717) is 5.03 Å². The number of carboxylic acid groups (broad SMARTS) is 1. The van der Waals surface area contributed by atoms with Gasteiger partial charge in [-0.2, -0.15) is 0 Å². The first-order chi connectivity index (χ1) is 9.94. The highest BCUT2D eigenvalue weighted by atomic mass is 32.2. The minimum absolute atomic E-state index is 0.633. The van der Waals surface area contributed by atoms with E-state index in [0.717, 1.165) is 17.7 Å². The van der Waals surface area contributed by atoms with E-state index in [1.54, 1.807) is 26.2 Å². The Kier molecular flexibility index (Phi) is 4.63. The fourth-order valence-electron chi connectivity index (χ4n) is 1.78. The zero-order chi connectivity index (χ0) is 15.5. The van der Waals surface area contributed by atoms with Gasteiger partial charge >= 0.3 is 5.97 Å². The van der Waals surface area contributed by atoms with Crippen molar-refractivity contribution in [1.82, 2.24) is 9.97 Å². The summed E-state index contributed by atoms with van der Waals surface area (Å²) in [5.74, 6) is -0.870. The molecule has 0 aliphatic carbocycles. The summed E-state index contributed by atoms with van der Waals surface area (Å²) in [5, 5.41) is 9.90. The minimum atomic E-state index is -0.950. The number of rotatable bonds is 5. The maximum absolute atomic E-state index is 11.3. The second-order valence-electron chi connectivity index (χ2n) is 5.18. The van der Waals surface area contributed by atoms with Crippen molar-refractivity contribution in [3.63, 3.8) is 0 Å². The normalized spacial score (nSPS) is 11.4. The summed E-state index contributed by atoms with van der Waals surface area (Å²) in [6.07, 6.45) is 4.19. The molecule has 2 rings (SSSR count). The smallest absolute Gasteiger partial charge is 0.319 e. The molecule has 0 saturated heterocycles. The molecular weight excluding hydrogens is 284 g/mol. The number of carbonyl (C=O) groups is 1. The van der Waals surface area contributed by atoms with Gasteiger partial charge in [0.1, 0.15) is 15.5 Å². The van der Waals surface area contributed by atoms with Crippen LogP contribution in [0.4, 0.5) is 0 Å². The maximum Gasteiger partial charge on any atom is 0.319 e. The molecule has 0 radical (unpaired) electrons. The first kappa shape index (κ1) is 15.5. The van der Waals surface area contributed by atoms with Crippen LogP contribution < -0.4 is 0 Å². The molecule has 4 nitrogen and oxygen atoms in total. The number of aliphatic carboxylic acids is 1. The molecule has 0 aliphatic rings. The molecule has 0 atom stereocenters. The highest BCUT2D eigenvalue weighted by molar-refractivity contribution is 8.01. The quantitative estimate of drug-likeness (QED) is 0.854. The van der Waals surface area contributed by atoms with Crippen LogP contribution in [0.3, 0.4) is 0 Å². The first-order valence-corrected chi connectivity index (χ1v) is 7.58. The average Bonchev–Trinajstić information content (AvgIpc) is 2.47. The van der Waals surface area contributed by atoms with Crippen LogP contribution in [0.2, 0.25) is 0 Å². The van der Waals surface area contributed by atoms with Gasteiger partial charge in [0, 0.05) is 18.0 Å². The molecule has 1 aromatic carbocycles. The number of aromatic nitrogens is 2. The first-order valence-electron chi connectivity index (χ1n) is 6.76. The topological polar surface area (TPSA) is 63.1 Å². The number of thioether (sulfide) groups is 1. The molecule has 2 aromatic rings. The number of carboxylic acids is 1. The number of nitrogens with zero attached hydrogens (tertiary/aromatic N) is 2. The highest BCUT2D eigenvalue weighted by Gasteiger charge is 2.30. The number of hydrogen-bond donors (Lipinski definition) is 1. The molecule has 0 aliphatic heterocycles. The fraction of sp³-hybridized carbons (Fsp3) is 0.312. The number of aryl methyl sites for hydroxylation is 1. The van der Waals surface area contributed by atoms with Crippen molar-refractivity contribution in [2.24, 2.45) is 0 Å². The zero-order valence-electron chi connectivity index (χ0n) is 12.3.